The monoisotopic (exact) mass is 740 g/mol. The largest absolute Gasteiger partial charge is 0.472 e. The number of ether oxygens (including phenoxy) is 2. The first-order chi connectivity index (χ1) is 21.6. The summed E-state index contributed by atoms with van der Waals surface area (Å²) in [6.45, 7) is -5.50. The third kappa shape index (κ3) is 6.78. The van der Waals surface area contributed by atoms with Gasteiger partial charge in [-0.2, -0.15) is 9.97 Å². The zero-order valence-corrected chi connectivity index (χ0v) is 27.2. The summed E-state index contributed by atoms with van der Waals surface area (Å²) in [5.41, 5.74) is 12.5. The number of nitrogens with one attached hydrogen (secondary N) is 2. The molecule has 0 radical (unpaired) electrons. The van der Waals surface area contributed by atoms with Crippen LogP contribution in [0.25, 0.3) is 22.3 Å². The molecule has 0 saturated carbocycles. The number of aliphatic hydroxyl groups excluding tert-OH is 2. The second-order valence-corrected chi connectivity index (χ2v) is 15.0. The third-order valence-corrected chi connectivity index (χ3v) is 9.44. The fourth-order valence-electron chi connectivity index (χ4n) is 5.06. The molecule has 26 heteroatoms. The summed E-state index contributed by atoms with van der Waals surface area (Å²) in [5.74, 6) is -0.0127. The Morgan fingerprint density at radius 1 is 0.935 bits per heavy atom. The molecule has 2 aliphatic heterocycles. The molecule has 4 unspecified atom stereocenters. The second kappa shape index (κ2) is 12.6. The molecule has 11 N–H and O–H groups in total. The molecule has 0 spiro atoms. The molecule has 46 heavy (non-hydrogen) atoms. The number of phosphoric ester groups is 1. The smallest absolute Gasteiger partial charge is 0.390 e. The lowest BCUT2D eigenvalue weighted by Crippen LogP contribution is -2.36. The summed E-state index contributed by atoms with van der Waals surface area (Å²) in [5, 5.41) is 21.8. The maximum Gasteiger partial charge on any atom is 0.472 e. The van der Waals surface area contributed by atoms with Crippen LogP contribution in [-0.4, -0.2) is 108 Å². The number of nitrogens with two attached hydrogens (primary N) is 2. The topological polar surface area (TPSA) is 309 Å². The molecular weight excluding hydrogens is 714 g/mol. The van der Waals surface area contributed by atoms with Crippen LogP contribution in [0, 0.1) is 9.28 Å². The van der Waals surface area contributed by atoms with E-state index in [1.807, 2.05) is 0 Å². The molecule has 6 rings (SSSR count). The number of nitrogen functional groups attached to an aromatic ring is 2. The predicted octanol–water partition coefficient (Wildman–Crippen LogP) is -0.210. The summed E-state index contributed by atoms with van der Waals surface area (Å²) in [4.78, 5) is 51.8. The highest BCUT2D eigenvalue weighted by Crippen LogP contribution is 2.50. The van der Waals surface area contributed by atoms with Gasteiger partial charge in [-0.3, -0.25) is 18.2 Å². The van der Waals surface area contributed by atoms with Gasteiger partial charge in [0.15, 0.2) is 17.5 Å². The number of phosphoric acid groups is 1. The lowest BCUT2D eigenvalue weighted by Gasteiger charge is -2.24. The number of nitrogens with zero attached hydrogens (tertiary/aromatic N) is 6. The van der Waals surface area contributed by atoms with Gasteiger partial charge in [-0.05, 0) is 11.8 Å². The molecule has 2 aliphatic rings. The van der Waals surface area contributed by atoms with Crippen molar-refractivity contribution >= 4 is 85.0 Å². The van der Waals surface area contributed by atoms with Crippen LogP contribution in [0.15, 0.2) is 12.7 Å². The highest BCUT2D eigenvalue weighted by Gasteiger charge is 2.50. The van der Waals surface area contributed by atoms with Crippen molar-refractivity contribution in [1.29, 1.82) is 0 Å². The van der Waals surface area contributed by atoms with Crippen molar-refractivity contribution < 1.29 is 52.5 Å². The van der Waals surface area contributed by atoms with Gasteiger partial charge >= 0.3 is 14.5 Å². The molecule has 2 fully saturated rings. The van der Waals surface area contributed by atoms with E-state index in [-0.39, 0.29) is 38.8 Å². The van der Waals surface area contributed by atoms with E-state index in [1.165, 1.54) is 21.8 Å². The molecule has 21 nitrogen and oxygen atoms in total. The minimum Gasteiger partial charge on any atom is -0.390 e. The number of aromatic amines is 2. The van der Waals surface area contributed by atoms with E-state index in [0.717, 1.165) is 0 Å². The first kappa shape index (κ1) is 33.5. The first-order valence-corrected chi connectivity index (χ1v) is 18.0. The van der Waals surface area contributed by atoms with Gasteiger partial charge in [-0.1, -0.05) is 24.4 Å². The van der Waals surface area contributed by atoms with Crippen LogP contribution in [-0.2, 0) is 39.4 Å². The van der Waals surface area contributed by atoms with Crippen molar-refractivity contribution in [3.8, 4) is 0 Å². The minimum atomic E-state index is -5.04. The van der Waals surface area contributed by atoms with Gasteiger partial charge in [0.05, 0.1) is 32.0 Å². The van der Waals surface area contributed by atoms with Crippen molar-refractivity contribution in [1.82, 2.24) is 39.0 Å². The number of hydrogen-bond acceptors (Lipinski definition) is 17. The molecule has 0 aromatic carbocycles. The normalized spacial score (nSPS) is 28.3. The quantitative estimate of drug-likeness (QED) is 0.0750. The minimum absolute atomic E-state index is 0.0364. The van der Waals surface area contributed by atoms with Gasteiger partial charge in [-0.25, -0.2) is 14.5 Å². The predicted molar refractivity (Wildman–Crippen MR) is 164 cm³/mol. The number of hydrogen-bond donors (Lipinski definition) is 9. The van der Waals surface area contributed by atoms with E-state index in [0.29, 0.717) is 11.2 Å². The van der Waals surface area contributed by atoms with E-state index in [4.69, 9.17) is 58.9 Å². The van der Waals surface area contributed by atoms with E-state index < -0.39 is 70.7 Å². The first-order valence-electron chi connectivity index (χ1n) is 13.1. The summed E-state index contributed by atoms with van der Waals surface area (Å²) in [6.07, 6.45) is -6.49. The molecule has 2 saturated heterocycles. The Morgan fingerprint density at radius 2 is 1.50 bits per heavy atom. The van der Waals surface area contributed by atoms with Gasteiger partial charge < -0.3 is 60.3 Å². The van der Waals surface area contributed by atoms with E-state index >= 15 is 0 Å². The van der Waals surface area contributed by atoms with Crippen LogP contribution < -0.4 is 11.5 Å². The number of aliphatic hydroxyl groups is 2. The molecule has 250 valence electrons. The van der Waals surface area contributed by atoms with Crippen molar-refractivity contribution in [2.45, 2.75) is 49.4 Å². The summed E-state index contributed by atoms with van der Waals surface area (Å²) in [7, 11) is -5.04. The summed E-state index contributed by atoms with van der Waals surface area (Å²) < 4.78 is 43.3. The summed E-state index contributed by atoms with van der Waals surface area (Å²) in [6, 6.07) is 0. The zero-order valence-electron chi connectivity index (χ0n) is 23.0. The standard InChI is InChI=1S/C20H26N10O11P2S3/c21-19-25-14-10(16(44)27-19)23-4-29(14)9-1-6(31)7(39-9)2-37-42(33,34)41-13-8(3-38-43(35,36)46)40-18(12(13)32)30-5-24-11-15(30)26-20(22)28-17(11)45/h4-9,12-13,18,31-32H,1-3H2,(H,33,34)(H2,35,36,46)(H3,21,25,27,44)(H3,22,26,28,45)/t6?,7-,8-,9-,12?,13?,18-/m1/s1. The number of fused-ring (bicyclic) bond motifs is 2. The Hall–Kier alpha value is -2.38. The Bertz CT molecular complexity index is 2000. The highest BCUT2D eigenvalue weighted by atomic mass is 32.5. The molecule has 0 bridgehead atoms. The maximum absolute atomic E-state index is 13.1. The molecule has 4 aromatic heterocycles. The molecule has 6 heterocycles. The lowest BCUT2D eigenvalue weighted by atomic mass is 10.1. The molecule has 8 atom stereocenters. The Morgan fingerprint density at radius 3 is 2.11 bits per heavy atom. The van der Waals surface area contributed by atoms with E-state index in [9.17, 15) is 29.5 Å². The molecule has 0 amide bonds. The number of rotatable bonds is 10. The number of imidazole rings is 2. The van der Waals surface area contributed by atoms with Crippen molar-refractivity contribution in [2.24, 2.45) is 0 Å². The van der Waals surface area contributed by atoms with Crippen molar-refractivity contribution in [2.75, 3.05) is 24.7 Å². The van der Waals surface area contributed by atoms with Crippen LogP contribution in [0.2, 0.25) is 0 Å². The van der Waals surface area contributed by atoms with Crippen LogP contribution in [0.4, 0.5) is 11.9 Å². The SMILES string of the molecule is Nc1nc2c(ncn2[C@@H]2O[C@H](COP(O)(O)=S)C(OP(=O)(O)OC[C@H]3O[C@@H](n4cnc5c(=S)[nH]c(N)nc54)CC3O)C2O)c(=S)[nH]1. The van der Waals surface area contributed by atoms with Crippen LogP contribution >= 0.6 is 39.0 Å². The van der Waals surface area contributed by atoms with E-state index in [2.05, 4.69) is 41.7 Å². The van der Waals surface area contributed by atoms with Crippen molar-refractivity contribution in [3.05, 3.63) is 21.9 Å². The Kier molecular flexibility index (Phi) is 9.16. The average molecular weight is 741 g/mol. The molecule has 4 aromatic rings. The fraction of sp³-hybridized carbons (Fsp3) is 0.500. The average Bonchev–Trinajstić information content (AvgIpc) is 3.72. The van der Waals surface area contributed by atoms with Gasteiger partial charge in [0.1, 0.15) is 51.0 Å². The Balaban J connectivity index is 1.17. The molecule has 0 aliphatic carbocycles. The second-order valence-electron chi connectivity index (χ2n) is 10.2. The van der Waals surface area contributed by atoms with Crippen LogP contribution in [0.5, 0.6) is 0 Å². The summed E-state index contributed by atoms with van der Waals surface area (Å²) >= 11 is 14.9. The number of H-pyrrole nitrogens is 2. The van der Waals surface area contributed by atoms with Crippen LogP contribution in [0.3, 0.4) is 0 Å². The van der Waals surface area contributed by atoms with Crippen molar-refractivity contribution in [3.63, 3.8) is 0 Å². The van der Waals surface area contributed by atoms with Gasteiger partial charge in [-0.15, -0.1) is 0 Å². The number of aromatic nitrogens is 8. The third-order valence-electron chi connectivity index (χ3n) is 7.06. The van der Waals surface area contributed by atoms with E-state index in [1.54, 1.807) is 0 Å². The van der Waals surface area contributed by atoms with Gasteiger partial charge in [0, 0.05) is 6.42 Å². The lowest BCUT2D eigenvalue weighted by molar-refractivity contribution is -0.0541. The Labute approximate surface area is 272 Å². The highest BCUT2D eigenvalue weighted by molar-refractivity contribution is 8.06. The fourth-order valence-corrected chi connectivity index (χ4v) is 7.04. The molecular formula is C20H26N10O11P2S3. The number of anilines is 2. The van der Waals surface area contributed by atoms with Crippen LogP contribution in [0.1, 0.15) is 18.9 Å². The zero-order chi connectivity index (χ0) is 33.1. The van der Waals surface area contributed by atoms with Gasteiger partial charge in [0.2, 0.25) is 11.9 Å². The maximum atomic E-state index is 13.1. The van der Waals surface area contributed by atoms with Gasteiger partial charge in [0.25, 0.3) is 0 Å².